The minimum Gasteiger partial charge on any atom is -0.477 e. The van der Waals surface area contributed by atoms with Crippen LogP contribution in [0.25, 0.3) is 11.0 Å². The van der Waals surface area contributed by atoms with Crippen LogP contribution in [0.5, 0.6) is 0 Å². The molecule has 3 rings (SSSR count). The number of hydrogen-bond acceptors (Lipinski definition) is 3. The Labute approximate surface area is 137 Å². The highest BCUT2D eigenvalue weighted by molar-refractivity contribution is 5.93. The number of carbonyl (C=O) groups is 1. The zero-order chi connectivity index (χ0) is 17.6. The van der Waals surface area contributed by atoms with Gasteiger partial charge in [0.05, 0.1) is 5.39 Å². The van der Waals surface area contributed by atoms with Crippen molar-refractivity contribution in [2.45, 2.75) is 13.5 Å². The number of rotatable bonds is 3. The number of aromatic carboxylic acids is 1. The van der Waals surface area contributed by atoms with Crippen molar-refractivity contribution in [1.29, 1.82) is 0 Å². The van der Waals surface area contributed by atoms with Gasteiger partial charge in [0.25, 0.3) is 5.56 Å². The molecule has 0 aliphatic rings. The van der Waals surface area contributed by atoms with E-state index >= 15 is 0 Å². The molecule has 0 spiro atoms. The smallest absolute Gasteiger partial charge is 0.352 e. The van der Waals surface area contributed by atoms with Gasteiger partial charge in [-0.2, -0.15) is 0 Å². The van der Waals surface area contributed by atoms with E-state index in [1.165, 1.54) is 29.3 Å². The summed E-state index contributed by atoms with van der Waals surface area (Å²) >= 11 is 0. The molecule has 24 heavy (non-hydrogen) atoms. The highest BCUT2D eigenvalue weighted by Gasteiger charge is 2.20. The van der Waals surface area contributed by atoms with Crippen LogP contribution in [0, 0.1) is 6.92 Å². The molecule has 1 N–H and O–H groups in total. The van der Waals surface area contributed by atoms with Crippen molar-refractivity contribution >= 4 is 17.0 Å². The first-order valence-electron chi connectivity index (χ1n) is 7.39. The SMILES string of the molecule is Cc1cccc(Cn2c(C(=O)O)cc3c(=O)n(C)c(=O)n(C)c32)c1. The topological polar surface area (TPSA) is 86.2 Å². The van der Waals surface area contributed by atoms with Crippen LogP contribution in [0.3, 0.4) is 0 Å². The number of fused-ring (bicyclic) bond motifs is 1. The molecule has 2 heterocycles. The van der Waals surface area contributed by atoms with E-state index in [0.29, 0.717) is 5.65 Å². The fourth-order valence-corrected chi connectivity index (χ4v) is 2.97. The Kier molecular flexibility index (Phi) is 3.63. The van der Waals surface area contributed by atoms with Crippen LogP contribution < -0.4 is 11.2 Å². The number of benzene rings is 1. The maximum atomic E-state index is 12.3. The molecule has 0 aliphatic heterocycles. The Hall–Kier alpha value is -3.09. The van der Waals surface area contributed by atoms with Gasteiger partial charge in [0.15, 0.2) is 0 Å². The van der Waals surface area contributed by atoms with Gasteiger partial charge in [0, 0.05) is 20.6 Å². The molecule has 0 bridgehead atoms. The first kappa shape index (κ1) is 15.8. The molecule has 124 valence electrons. The first-order chi connectivity index (χ1) is 11.3. The second-order valence-electron chi connectivity index (χ2n) is 5.85. The van der Waals surface area contributed by atoms with Gasteiger partial charge in [0.2, 0.25) is 0 Å². The largest absolute Gasteiger partial charge is 0.477 e. The Bertz CT molecular complexity index is 1090. The number of carboxylic acid groups (broad SMARTS) is 1. The summed E-state index contributed by atoms with van der Waals surface area (Å²) in [5, 5.41) is 9.72. The standard InChI is InChI=1S/C17H17N3O4/c1-10-5-4-6-11(7-10)9-20-13(16(22)23)8-12-14(20)18(2)17(24)19(3)15(12)21/h4-8H,9H2,1-3H3,(H,22,23). The molecular weight excluding hydrogens is 310 g/mol. The van der Waals surface area contributed by atoms with E-state index in [4.69, 9.17) is 0 Å². The molecule has 0 amide bonds. The molecule has 0 aliphatic carbocycles. The summed E-state index contributed by atoms with van der Waals surface area (Å²) in [4.78, 5) is 36.2. The number of nitrogens with zero attached hydrogens (tertiary/aromatic N) is 3. The van der Waals surface area contributed by atoms with Gasteiger partial charge >= 0.3 is 11.7 Å². The van der Waals surface area contributed by atoms with E-state index in [-0.39, 0.29) is 17.6 Å². The predicted molar refractivity (Wildman–Crippen MR) is 89.7 cm³/mol. The predicted octanol–water partition coefficient (Wildman–Crippen LogP) is 1.09. The zero-order valence-corrected chi connectivity index (χ0v) is 13.6. The number of aromatic nitrogens is 3. The Morgan fingerprint density at radius 3 is 2.46 bits per heavy atom. The molecule has 0 saturated carbocycles. The van der Waals surface area contributed by atoms with E-state index in [1.54, 1.807) is 0 Å². The monoisotopic (exact) mass is 327 g/mol. The van der Waals surface area contributed by atoms with Crippen molar-refractivity contribution in [2.24, 2.45) is 14.1 Å². The van der Waals surface area contributed by atoms with Crippen molar-refractivity contribution in [3.05, 3.63) is 68.0 Å². The zero-order valence-electron chi connectivity index (χ0n) is 13.6. The third-order valence-corrected chi connectivity index (χ3v) is 4.14. The molecule has 3 aromatic rings. The molecule has 0 radical (unpaired) electrons. The summed E-state index contributed by atoms with van der Waals surface area (Å²) in [6.45, 7) is 2.20. The highest BCUT2D eigenvalue weighted by atomic mass is 16.4. The maximum absolute atomic E-state index is 12.3. The third kappa shape index (κ3) is 2.34. The Balaban J connectivity index is 2.37. The van der Waals surface area contributed by atoms with Gasteiger partial charge in [-0.15, -0.1) is 0 Å². The van der Waals surface area contributed by atoms with Crippen molar-refractivity contribution in [3.63, 3.8) is 0 Å². The van der Waals surface area contributed by atoms with Gasteiger partial charge < -0.3 is 9.67 Å². The number of aryl methyl sites for hydroxylation is 2. The van der Waals surface area contributed by atoms with Crippen LogP contribution in [0.2, 0.25) is 0 Å². The van der Waals surface area contributed by atoms with Gasteiger partial charge in [0.1, 0.15) is 11.3 Å². The molecular formula is C17H17N3O4. The lowest BCUT2D eigenvalue weighted by Crippen LogP contribution is -2.37. The first-order valence-corrected chi connectivity index (χ1v) is 7.39. The average Bonchev–Trinajstić information content (AvgIpc) is 2.90. The molecule has 7 heteroatoms. The third-order valence-electron chi connectivity index (χ3n) is 4.14. The minimum absolute atomic E-state index is 0.0233. The minimum atomic E-state index is -1.15. The van der Waals surface area contributed by atoms with Gasteiger partial charge in [-0.25, -0.2) is 9.59 Å². The van der Waals surface area contributed by atoms with E-state index in [1.807, 2.05) is 31.2 Å². The summed E-state index contributed by atoms with van der Waals surface area (Å²) < 4.78 is 3.78. The summed E-state index contributed by atoms with van der Waals surface area (Å²) in [5.41, 5.74) is 1.23. The fraction of sp³-hybridized carbons (Fsp3) is 0.235. The van der Waals surface area contributed by atoms with Crippen molar-refractivity contribution in [3.8, 4) is 0 Å². The maximum Gasteiger partial charge on any atom is 0.352 e. The van der Waals surface area contributed by atoms with Crippen molar-refractivity contribution in [2.75, 3.05) is 0 Å². The quantitative estimate of drug-likeness (QED) is 0.780. The molecule has 2 aromatic heterocycles. The summed E-state index contributed by atoms with van der Waals surface area (Å²) in [5.74, 6) is -1.15. The van der Waals surface area contributed by atoms with Crippen molar-refractivity contribution in [1.82, 2.24) is 13.7 Å². The average molecular weight is 327 g/mol. The van der Waals surface area contributed by atoms with E-state index in [9.17, 15) is 19.5 Å². The lowest BCUT2D eigenvalue weighted by molar-refractivity contribution is 0.0686. The van der Waals surface area contributed by atoms with Crippen LogP contribution in [0.4, 0.5) is 0 Å². The molecule has 0 fully saturated rings. The van der Waals surface area contributed by atoms with Crippen LogP contribution >= 0.6 is 0 Å². The molecule has 0 saturated heterocycles. The van der Waals surface area contributed by atoms with Crippen LogP contribution in [-0.4, -0.2) is 24.8 Å². The Morgan fingerprint density at radius 2 is 1.83 bits per heavy atom. The van der Waals surface area contributed by atoms with Crippen LogP contribution in [0.15, 0.2) is 39.9 Å². The molecule has 0 atom stereocenters. The number of hydrogen-bond donors (Lipinski definition) is 1. The highest BCUT2D eigenvalue weighted by Crippen LogP contribution is 2.18. The fourth-order valence-electron chi connectivity index (χ4n) is 2.97. The van der Waals surface area contributed by atoms with Gasteiger partial charge in [-0.1, -0.05) is 29.8 Å². The lowest BCUT2D eigenvalue weighted by Gasteiger charge is -2.12. The number of carboxylic acids is 1. The molecule has 1 aromatic carbocycles. The molecule has 7 nitrogen and oxygen atoms in total. The van der Waals surface area contributed by atoms with E-state index in [0.717, 1.165) is 15.7 Å². The molecule has 0 unspecified atom stereocenters. The second kappa shape index (κ2) is 5.52. The van der Waals surface area contributed by atoms with E-state index in [2.05, 4.69) is 0 Å². The van der Waals surface area contributed by atoms with Crippen LogP contribution in [0.1, 0.15) is 21.6 Å². The van der Waals surface area contributed by atoms with Gasteiger partial charge in [-0.3, -0.25) is 13.9 Å². The normalized spacial score (nSPS) is 11.1. The van der Waals surface area contributed by atoms with Crippen molar-refractivity contribution < 1.29 is 9.90 Å². The summed E-state index contributed by atoms with van der Waals surface area (Å²) in [6.07, 6.45) is 0. The Morgan fingerprint density at radius 1 is 1.12 bits per heavy atom. The van der Waals surface area contributed by atoms with Gasteiger partial charge in [-0.05, 0) is 18.6 Å². The van der Waals surface area contributed by atoms with E-state index < -0.39 is 17.2 Å². The lowest BCUT2D eigenvalue weighted by atomic mass is 10.1. The van der Waals surface area contributed by atoms with Crippen LogP contribution in [-0.2, 0) is 20.6 Å². The second-order valence-corrected chi connectivity index (χ2v) is 5.85. The summed E-state index contributed by atoms with van der Waals surface area (Å²) in [6, 6.07) is 8.98. The summed E-state index contributed by atoms with van der Waals surface area (Å²) in [7, 11) is 2.91.